The number of carbonyl (C=O) groups excluding carboxylic acids is 1. The molecule has 1 aromatic rings. The van der Waals surface area contributed by atoms with Gasteiger partial charge in [-0.05, 0) is 25.1 Å². The summed E-state index contributed by atoms with van der Waals surface area (Å²) in [5.74, 6) is -1.56. The second-order valence-corrected chi connectivity index (χ2v) is 6.93. The topological polar surface area (TPSA) is 117 Å². The summed E-state index contributed by atoms with van der Waals surface area (Å²) < 4.78 is 30.4. The van der Waals surface area contributed by atoms with Crippen LogP contribution in [0.25, 0.3) is 0 Å². The summed E-state index contributed by atoms with van der Waals surface area (Å²) >= 11 is 0. The Kier molecular flexibility index (Phi) is 6.12. The SMILES string of the molecule is CNS(=O)(=O)c1ccc(C(=O)N(CCC(=O)O)CC(C)C)o1. The largest absolute Gasteiger partial charge is 0.481 e. The van der Waals surface area contributed by atoms with E-state index in [1.54, 1.807) is 0 Å². The molecular weight excluding hydrogens is 312 g/mol. The quantitative estimate of drug-likeness (QED) is 0.726. The van der Waals surface area contributed by atoms with Gasteiger partial charge in [0.05, 0.1) is 6.42 Å². The van der Waals surface area contributed by atoms with Crippen LogP contribution in [0, 0.1) is 5.92 Å². The van der Waals surface area contributed by atoms with Crippen LogP contribution in [0.1, 0.15) is 30.8 Å². The number of rotatable bonds is 8. The van der Waals surface area contributed by atoms with Gasteiger partial charge in [0.2, 0.25) is 5.09 Å². The Bertz CT molecular complexity index is 635. The molecule has 1 aromatic heterocycles. The molecule has 0 aliphatic carbocycles. The first-order chi connectivity index (χ1) is 10.2. The number of aliphatic carboxylic acids is 1. The molecule has 0 aromatic carbocycles. The second kappa shape index (κ2) is 7.41. The molecule has 1 heterocycles. The van der Waals surface area contributed by atoms with Gasteiger partial charge in [-0.25, -0.2) is 13.1 Å². The molecule has 0 saturated heterocycles. The lowest BCUT2D eigenvalue weighted by Crippen LogP contribution is -2.35. The molecule has 2 N–H and O–H groups in total. The molecule has 1 rings (SSSR count). The van der Waals surface area contributed by atoms with Gasteiger partial charge >= 0.3 is 5.97 Å². The van der Waals surface area contributed by atoms with Crippen molar-refractivity contribution >= 4 is 21.9 Å². The van der Waals surface area contributed by atoms with Crippen LogP contribution in [0.15, 0.2) is 21.6 Å². The highest BCUT2D eigenvalue weighted by atomic mass is 32.2. The molecule has 8 nitrogen and oxygen atoms in total. The summed E-state index contributed by atoms with van der Waals surface area (Å²) in [6.07, 6.45) is -0.194. The number of carbonyl (C=O) groups is 2. The van der Waals surface area contributed by atoms with E-state index in [1.807, 2.05) is 13.8 Å². The number of carboxylic acid groups (broad SMARTS) is 1. The first-order valence-electron chi connectivity index (χ1n) is 6.71. The number of carboxylic acids is 1. The van der Waals surface area contributed by atoms with Crippen molar-refractivity contribution in [3.05, 3.63) is 17.9 Å². The van der Waals surface area contributed by atoms with Gasteiger partial charge in [0.25, 0.3) is 15.9 Å². The molecule has 0 saturated carbocycles. The van der Waals surface area contributed by atoms with Gasteiger partial charge in [-0.1, -0.05) is 13.8 Å². The zero-order chi connectivity index (χ0) is 16.9. The van der Waals surface area contributed by atoms with Gasteiger partial charge in [-0.3, -0.25) is 9.59 Å². The van der Waals surface area contributed by atoms with E-state index in [1.165, 1.54) is 24.1 Å². The molecule has 22 heavy (non-hydrogen) atoms. The van der Waals surface area contributed by atoms with Crippen molar-refractivity contribution in [1.82, 2.24) is 9.62 Å². The van der Waals surface area contributed by atoms with Crippen molar-refractivity contribution in [2.75, 3.05) is 20.1 Å². The molecule has 0 fully saturated rings. The van der Waals surface area contributed by atoms with Crippen molar-refractivity contribution in [2.45, 2.75) is 25.4 Å². The molecular formula is C13H20N2O6S. The Balaban J connectivity index is 2.96. The van der Waals surface area contributed by atoms with Crippen molar-refractivity contribution in [3.8, 4) is 0 Å². The number of hydrogen-bond acceptors (Lipinski definition) is 5. The predicted molar refractivity (Wildman–Crippen MR) is 77.9 cm³/mol. The minimum absolute atomic E-state index is 0.0289. The van der Waals surface area contributed by atoms with E-state index in [4.69, 9.17) is 9.52 Å². The third kappa shape index (κ3) is 4.85. The number of nitrogens with zero attached hydrogens (tertiary/aromatic N) is 1. The molecule has 1 amide bonds. The highest BCUT2D eigenvalue weighted by molar-refractivity contribution is 7.89. The van der Waals surface area contributed by atoms with Gasteiger partial charge < -0.3 is 14.4 Å². The molecule has 0 bridgehead atoms. The Morgan fingerprint density at radius 2 is 2.00 bits per heavy atom. The number of furan rings is 1. The average molecular weight is 332 g/mol. The Labute approximate surface area is 129 Å². The fraction of sp³-hybridized carbons (Fsp3) is 0.538. The van der Waals surface area contributed by atoms with Crippen LogP contribution in [-0.2, 0) is 14.8 Å². The fourth-order valence-electron chi connectivity index (χ4n) is 1.78. The fourth-order valence-corrected chi connectivity index (χ4v) is 2.43. The molecule has 0 spiro atoms. The Morgan fingerprint density at radius 1 is 1.36 bits per heavy atom. The zero-order valence-corrected chi connectivity index (χ0v) is 13.5. The maximum atomic E-state index is 12.3. The lowest BCUT2D eigenvalue weighted by atomic mass is 10.2. The zero-order valence-electron chi connectivity index (χ0n) is 12.7. The molecule has 0 aliphatic heterocycles. The van der Waals surface area contributed by atoms with E-state index >= 15 is 0 Å². The van der Waals surface area contributed by atoms with Crippen LogP contribution >= 0.6 is 0 Å². The summed E-state index contributed by atoms with van der Waals surface area (Å²) in [6, 6.07) is 2.45. The smallest absolute Gasteiger partial charge is 0.305 e. The van der Waals surface area contributed by atoms with E-state index in [0.717, 1.165) is 0 Å². The van der Waals surface area contributed by atoms with E-state index in [2.05, 4.69) is 4.72 Å². The summed E-state index contributed by atoms with van der Waals surface area (Å²) in [7, 11) is -2.53. The predicted octanol–water partition coefficient (Wildman–Crippen LogP) is 0.761. The van der Waals surface area contributed by atoms with Crippen LogP contribution < -0.4 is 4.72 Å². The third-order valence-corrected chi connectivity index (χ3v) is 4.08. The summed E-state index contributed by atoms with van der Waals surface area (Å²) in [5, 5.41) is 8.38. The maximum absolute atomic E-state index is 12.3. The highest BCUT2D eigenvalue weighted by Gasteiger charge is 2.24. The van der Waals surface area contributed by atoms with Crippen molar-refractivity contribution in [1.29, 1.82) is 0 Å². The first kappa shape index (κ1) is 18.2. The van der Waals surface area contributed by atoms with Gasteiger partial charge in [0.1, 0.15) is 0 Å². The van der Waals surface area contributed by atoms with Gasteiger partial charge in [-0.2, -0.15) is 0 Å². The molecule has 124 valence electrons. The van der Waals surface area contributed by atoms with E-state index in [-0.39, 0.29) is 29.7 Å². The normalized spacial score (nSPS) is 11.6. The first-order valence-corrected chi connectivity index (χ1v) is 8.20. The van der Waals surface area contributed by atoms with E-state index in [9.17, 15) is 18.0 Å². The lowest BCUT2D eigenvalue weighted by molar-refractivity contribution is -0.137. The Hall–Kier alpha value is -1.87. The summed E-state index contributed by atoms with van der Waals surface area (Å²) in [5.41, 5.74) is 0. The van der Waals surface area contributed by atoms with Crippen molar-refractivity contribution in [2.24, 2.45) is 5.92 Å². The van der Waals surface area contributed by atoms with Crippen LogP contribution in [0.3, 0.4) is 0 Å². The molecule has 0 atom stereocenters. The second-order valence-electron chi connectivity index (χ2n) is 5.11. The van der Waals surface area contributed by atoms with Crippen LogP contribution in [0.2, 0.25) is 0 Å². The number of nitrogens with one attached hydrogen (secondary N) is 1. The summed E-state index contributed by atoms with van der Waals surface area (Å²) in [6.45, 7) is 4.15. The molecule has 0 aliphatic rings. The number of sulfonamides is 1. The van der Waals surface area contributed by atoms with E-state index < -0.39 is 21.9 Å². The van der Waals surface area contributed by atoms with Crippen LogP contribution in [0.4, 0.5) is 0 Å². The van der Waals surface area contributed by atoms with Crippen LogP contribution in [0.5, 0.6) is 0 Å². The third-order valence-electron chi connectivity index (χ3n) is 2.79. The molecule has 0 radical (unpaired) electrons. The molecule has 9 heteroatoms. The number of amides is 1. The monoisotopic (exact) mass is 332 g/mol. The average Bonchev–Trinajstić information content (AvgIpc) is 2.92. The van der Waals surface area contributed by atoms with Crippen LogP contribution in [-0.4, -0.2) is 50.4 Å². The minimum Gasteiger partial charge on any atom is -0.481 e. The maximum Gasteiger partial charge on any atom is 0.305 e. The summed E-state index contributed by atoms with van der Waals surface area (Å²) in [4.78, 5) is 24.4. The van der Waals surface area contributed by atoms with Gasteiger partial charge in [-0.15, -0.1) is 0 Å². The number of hydrogen-bond donors (Lipinski definition) is 2. The minimum atomic E-state index is -3.77. The molecule has 0 unspecified atom stereocenters. The Morgan fingerprint density at radius 3 is 2.50 bits per heavy atom. The van der Waals surface area contributed by atoms with Gasteiger partial charge in [0.15, 0.2) is 5.76 Å². The van der Waals surface area contributed by atoms with E-state index in [0.29, 0.717) is 6.54 Å². The standard InChI is InChI=1S/C13H20N2O6S/c1-9(2)8-15(7-6-11(16)17)13(18)10-4-5-12(21-10)22(19,20)14-3/h4-5,9,14H,6-8H2,1-3H3,(H,16,17). The van der Waals surface area contributed by atoms with Crippen molar-refractivity contribution in [3.63, 3.8) is 0 Å². The highest BCUT2D eigenvalue weighted by Crippen LogP contribution is 2.16. The van der Waals surface area contributed by atoms with Gasteiger partial charge in [0, 0.05) is 13.1 Å². The van der Waals surface area contributed by atoms with Crippen molar-refractivity contribution < 1.29 is 27.5 Å². The lowest BCUT2D eigenvalue weighted by Gasteiger charge is -2.22.